The summed E-state index contributed by atoms with van der Waals surface area (Å²) in [5, 5.41) is 22.9. The van der Waals surface area contributed by atoms with Gasteiger partial charge in [0.05, 0.1) is 17.8 Å². The smallest absolute Gasteiger partial charge is 0.208 e. The van der Waals surface area contributed by atoms with E-state index < -0.39 is 0 Å². The molecule has 3 rings (SSSR count). The molecule has 1 aliphatic rings. The predicted molar refractivity (Wildman–Crippen MR) is 62.8 cm³/mol. The van der Waals surface area contributed by atoms with Gasteiger partial charge in [0.1, 0.15) is 11.1 Å². The molecule has 0 spiro atoms. The van der Waals surface area contributed by atoms with Crippen LogP contribution < -0.4 is 4.90 Å². The van der Waals surface area contributed by atoms with Crippen molar-refractivity contribution in [3.8, 4) is 6.07 Å². The lowest BCUT2D eigenvalue weighted by atomic mass is 10.1. The molecule has 17 heavy (non-hydrogen) atoms. The molecule has 0 N–H and O–H groups in total. The zero-order chi connectivity index (χ0) is 11.8. The Hall–Kier alpha value is -1.94. The third-order valence-corrected chi connectivity index (χ3v) is 3.65. The first-order chi connectivity index (χ1) is 8.26. The van der Waals surface area contributed by atoms with Crippen LogP contribution in [0.4, 0.5) is 5.13 Å². The van der Waals surface area contributed by atoms with Gasteiger partial charge in [-0.15, -0.1) is 10.2 Å². The van der Waals surface area contributed by atoms with Crippen molar-refractivity contribution in [1.82, 2.24) is 20.0 Å². The van der Waals surface area contributed by atoms with Crippen LogP contribution in [0.3, 0.4) is 0 Å². The van der Waals surface area contributed by atoms with Crippen LogP contribution in [0.2, 0.25) is 0 Å². The Morgan fingerprint density at radius 1 is 1.47 bits per heavy atom. The summed E-state index contributed by atoms with van der Waals surface area (Å²) in [5.41, 5.74) is 0.607. The lowest BCUT2D eigenvalue weighted by Crippen LogP contribution is -2.48. The van der Waals surface area contributed by atoms with Gasteiger partial charge in [0.2, 0.25) is 5.13 Å². The molecule has 0 saturated carbocycles. The molecule has 1 aliphatic heterocycles. The van der Waals surface area contributed by atoms with Crippen LogP contribution in [0.1, 0.15) is 16.6 Å². The van der Waals surface area contributed by atoms with E-state index in [9.17, 15) is 0 Å². The zero-order valence-electron chi connectivity index (χ0n) is 9.24. The summed E-state index contributed by atoms with van der Waals surface area (Å²) in [4.78, 5) is 2.17. The van der Waals surface area contributed by atoms with Gasteiger partial charge in [0.25, 0.3) is 0 Å². The minimum Gasteiger partial charge on any atom is -0.342 e. The summed E-state index contributed by atoms with van der Waals surface area (Å²) in [6, 6.07) is 2.41. The molecule has 0 unspecified atom stereocenters. The van der Waals surface area contributed by atoms with Gasteiger partial charge in [-0.3, -0.25) is 4.68 Å². The van der Waals surface area contributed by atoms with Crippen molar-refractivity contribution in [1.29, 1.82) is 5.26 Å². The maximum atomic E-state index is 8.73. The molecule has 0 aliphatic carbocycles. The molecule has 2 aromatic heterocycles. The highest BCUT2D eigenvalue weighted by molar-refractivity contribution is 7.15. The molecule has 0 atom stereocenters. The fraction of sp³-hybridized carbons (Fsp3) is 0.400. The van der Waals surface area contributed by atoms with Crippen LogP contribution in [-0.4, -0.2) is 33.1 Å². The van der Waals surface area contributed by atoms with Crippen LogP contribution >= 0.6 is 11.3 Å². The largest absolute Gasteiger partial charge is 0.342 e. The lowest BCUT2D eigenvalue weighted by molar-refractivity contribution is 0.367. The van der Waals surface area contributed by atoms with Gasteiger partial charge in [-0.25, -0.2) is 0 Å². The van der Waals surface area contributed by atoms with Gasteiger partial charge in [0, 0.05) is 19.3 Å². The molecule has 0 amide bonds. The Kier molecular flexibility index (Phi) is 2.30. The van der Waals surface area contributed by atoms with E-state index in [0.717, 1.165) is 23.2 Å². The van der Waals surface area contributed by atoms with Gasteiger partial charge < -0.3 is 4.90 Å². The molecular formula is C10H10N6S. The van der Waals surface area contributed by atoms with Crippen molar-refractivity contribution >= 4 is 16.5 Å². The molecule has 1 fully saturated rings. The van der Waals surface area contributed by atoms with E-state index in [-0.39, 0.29) is 0 Å². The Balaban J connectivity index is 1.67. The average Bonchev–Trinajstić information content (AvgIpc) is 2.86. The number of aryl methyl sites for hydroxylation is 1. The van der Waals surface area contributed by atoms with E-state index in [2.05, 4.69) is 26.3 Å². The normalized spacial score (nSPS) is 15.6. The highest BCUT2D eigenvalue weighted by Gasteiger charge is 2.31. The molecule has 2 aromatic rings. The standard InChI is InChI=1S/C10H10N6S/c1-7-13-14-10(17-7)15-5-9(6-15)16-4-8(2-11)3-12-16/h3-4,9H,5-6H2,1H3. The van der Waals surface area contributed by atoms with Gasteiger partial charge in [-0.2, -0.15) is 10.4 Å². The van der Waals surface area contributed by atoms with E-state index >= 15 is 0 Å². The summed E-state index contributed by atoms with van der Waals surface area (Å²) in [7, 11) is 0. The Labute approximate surface area is 102 Å². The van der Waals surface area contributed by atoms with Crippen LogP contribution in [0.5, 0.6) is 0 Å². The van der Waals surface area contributed by atoms with E-state index in [1.165, 1.54) is 0 Å². The Morgan fingerprint density at radius 3 is 2.88 bits per heavy atom. The van der Waals surface area contributed by atoms with Crippen molar-refractivity contribution < 1.29 is 0 Å². The fourth-order valence-electron chi connectivity index (χ4n) is 1.79. The second-order valence-corrected chi connectivity index (χ2v) is 5.14. The molecule has 0 aromatic carbocycles. The number of hydrogen-bond donors (Lipinski definition) is 0. The Bertz CT molecular complexity index is 574. The topological polar surface area (TPSA) is 70.6 Å². The van der Waals surface area contributed by atoms with Crippen LogP contribution in [0.25, 0.3) is 0 Å². The van der Waals surface area contributed by atoms with Gasteiger partial charge in [0.15, 0.2) is 0 Å². The fourth-order valence-corrected chi connectivity index (χ4v) is 2.49. The third kappa shape index (κ3) is 1.76. The lowest BCUT2D eigenvalue weighted by Gasteiger charge is -2.38. The minimum atomic E-state index is 0.335. The number of aromatic nitrogens is 4. The predicted octanol–water partition coefficient (Wildman–Crippen LogP) is 0.976. The van der Waals surface area contributed by atoms with Crippen LogP contribution in [0, 0.1) is 18.3 Å². The average molecular weight is 246 g/mol. The highest BCUT2D eigenvalue weighted by Crippen LogP contribution is 2.29. The molecule has 0 bridgehead atoms. The number of anilines is 1. The van der Waals surface area contributed by atoms with Gasteiger partial charge in [-0.1, -0.05) is 11.3 Å². The number of nitriles is 1. The molecule has 3 heterocycles. The van der Waals surface area contributed by atoms with Crippen molar-refractivity contribution in [2.75, 3.05) is 18.0 Å². The van der Waals surface area contributed by atoms with E-state index in [1.807, 2.05) is 11.6 Å². The quantitative estimate of drug-likeness (QED) is 0.789. The molecule has 0 radical (unpaired) electrons. The second kappa shape index (κ2) is 3.82. The number of hydrogen-bond acceptors (Lipinski definition) is 6. The van der Waals surface area contributed by atoms with E-state index in [1.54, 1.807) is 23.7 Å². The van der Waals surface area contributed by atoms with Crippen molar-refractivity contribution in [2.24, 2.45) is 0 Å². The first kappa shape index (κ1) is 10.2. The maximum absolute atomic E-state index is 8.73. The first-order valence-electron chi connectivity index (χ1n) is 5.25. The van der Waals surface area contributed by atoms with E-state index in [4.69, 9.17) is 5.26 Å². The highest BCUT2D eigenvalue weighted by atomic mass is 32.1. The SMILES string of the molecule is Cc1nnc(N2CC(n3cc(C#N)cn3)C2)s1. The van der Waals surface area contributed by atoms with Crippen molar-refractivity contribution in [2.45, 2.75) is 13.0 Å². The van der Waals surface area contributed by atoms with Crippen LogP contribution in [-0.2, 0) is 0 Å². The second-order valence-electron chi connectivity index (χ2n) is 3.98. The maximum Gasteiger partial charge on any atom is 0.208 e. The summed E-state index contributed by atoms with van der Waals surface area (Å²) >= 11 is 1.60. The monoisotopic (exact) mass is 246 g/mol. The summed E-state index contributed by atoms with van der Waals surface area (Å²) in [6.45, 7) is 3.70. The summed E-state index contributed by atoms with van der Waals surface area (Å²) < 4.78 is 1.85. The molecule has 1 saturated heterocycles. The summed E-state index contributed by atoms with van der Waals surface area (Å²) in [6.07, 6.45) is 3.38. The Morgan fingerprint density at radius 2 is 2.29 bits per heavy atom. The molecule has 86 valence electrons. The molecule has 6 nitrogen and oxygen atoms in total. The summed E-state index contributed by atoms with van der Waals surface area (Å²) in [5.74, 6) is 0. The zero-order valence-corrected chi connectivity index (χ0v) is 10.1. The van der Waals surface area contributed by atoms with Crippen LogP contribution in [0.15, 0.2) is 12.4 Å². The van der Waals surface area contributed by atoms with Crippen molar-refractivity contribution in [3.63, 3.8) is 0 Å². The number of nitrogens with zero attached hydrogens (tertiary/aromatic N) is 6. The number of rotatable bonds is 2. The minimum absolute atomic E-state index is 0.335. The van der Waals surface area contributed by atoms with E-state index in [0.29, 0.717) is 11.6 Å². The first-order valence-corrected chi connectivity index (χ1v) is 6.07. The van der Waals surface area contributed by atoms with Gasteiger partial charge in [-0.05, 0) is 6.92 Å². The third-order valence-electron chi connectivity index (χ3n) is 2.75. The van der Waals surface area contributed by atoms with Crippen molar-refractivity contribution in [3.05, 3.63) is 23.0 Å². The molecule has 7 heteroatoms. The van der Waals surface area contributed by atoms with Gasteiger partial charge >= 0.3 is 0 Å². The molecular weight excluding hydrogens is 236 g/mol.